The molecule has 0 fully saturated rings. The van der Waals surface area contributed by atoms with Crippen LogP contribution in [0.5, 0.6) is 5.75 Å². The number of nitrogens with two attached hydrogens (primary N) is 1. The number of methoxy groups -OCH3 is 1. The molecule has 0 radical (unpaired) electrons. The van der Waals surface area contributed by atoms with Crippen LogP contribution in [0.3, 0.4) is 0 Å². The number of aromatic nitrogens is 5. The average molecular weight is 616 g/mol. The van der Waals surface area contributed by atoms with Crippen molar-refractivity contribution < 1.29 is 26.4 Å². The first-order valence-corrected chi connectivity index (χ1v) is 16.4. The number of aryl methyl sites for hydroxylation is 1. The number of ether oxygens (including phenoxy) is 1. The van der Waals surface area contributed by atoms with Gasteiger partial charge in [0, 0.05) is 30.0 Å². The molecule has 1 amide bonds. The Morgan fingerprint density at radius 2 is 1.76 bits per heavy atom. The lowest BCUT2D eigenvalue weighted by atomic mass is 9.83. The van der Waals surface area contributed by atoms with E-state index in [1.165, 1.54) is 22.6 Å². The summed E-state index contributed by atoms with van der Waals surface area (Å²) in [5.74, 6) is -0.551. The second-order valence-electron chi connectivity index (χ2n) is 11.1. The number of benzene rings is 2. The van der Waals surface area contributed by atoms with Gasteiger partial charge >= 0.3 is 0 Å². The van der Waals surface area contributed by atoms with Crippen LogP contribution in [0.4, 0.5) is 5.69 Å². The normalized spacial score (nSPS) is 12.4. The summed E-state index contributed by atoms with van der Waals surface area (Å²) >= 11 is 0. The molecule has 13 nitrogen and oxygen atoms in total. The number of nitrogens with zero attached hydrogens (tertiary/aromatic N) is 5. The Morgan fingerprint density at radius 1 is 1.10 bits per heavy atom. The third-order valence-corrected chi connectivity index (χ3v) is 8.26. The van der Waals surface area contributed by atoms with Gasteiger partial charge in [0.1, 0.15) is 5.69 Å². The minimum Gasteiger partial charge on any atom is -0.494 e. The highest BCUT2D eigenvalue weighted by molar-refractivity contribution is 7.92. The first-order chi connectivity index (χ1) is 19.3. The summed E-state index contributed by atoms with van der Waals surface area (Å²) in [6, 6.07) is 6.81. The lowest BCUT2D eigenvalue weighted by Gasteiger charge is -2.25. The molecule has 2 heterocycles. The van der Waals surface area contributed by atoms with E-state index in [9.17, 15) is 21.6 Å². The molecule has 0 saturated carbocycles. The van der Waals surface area contributed by atoms with Crippen molar-refractivity contribution in [3.8, 4) is 34.0 Å². The number of amides is 1. The molecule has 15 heteroatoms. The molecule has 0 saturated heterocycles. The third-order valence-electron chi connectivity index (χ3n) is 6.63. The van der Waals surface area contributed by atoms with E-state index < -0.39 is 31.2 Å². The van der Waals surface area contributed by atoms with E-state index >= 15 is 0 Å². The summed E-state index contributed by atoms with van der Waals surface area (Å²) in [4.78, 5) is 16.8. The van der Waals surface area contributed by atoms with Crippen molar-refractivity contribution in [2.75, 3.05) is 24.3 Å². The first-order valence-electron chi connectivity index (χ1n) is 12.6. The molecular weight excluding hydrogens is 582 g/mol. The minimum absolute atomic E-state index is 0.130. The van der Waals surface area contributed by atoms with Crippen LogP contribution in [0.2, 0.25) is 0 Å². The van der Waals surface area contributed by atoms with E-state index in [2.05, 4.69) is 20.0 Å². The summed E-state index contributed by atoms with van der Waals surface area (Å²) in [6.07, 6.45) is 5.06. The summed E-state index contributed by atoms with van der Waals surface area (Å²) in [5, 5.41) is 8.43. The fourth-order valence-electron chi connectivity index (χ4n) is 4.68. The predicted octanol–water partition coefficient (Wildman–Crippen LogP) is 2.82. The van der Waals surface area contributed by atoms with Crippen molar-refractivity contribution in [3.63, 3.8) is 0 Å². The number of anilines is 1. The van der Waals surface area contributed by atoms with Crippen LogP contribution in [-0.4, -0.2) is 66.9 Å². The van der Waals surface area contributed by atoms with E-state index in [1.807, 2.05) is 33.8 Å². The van der Waals surface area contributed by atoms with Gasteiger partial charge in [-0.15, -0.1) is 5.10 Å². The van der Waals surface area contributed by atoms with Crippen molar-refractivity contribution in [2.45, 2.75) is 38.3 Å². The molecule has 0 aliphatic carbocycles. The van der Waals surface area contributed by atoms with Crippen LogP contribution in [-0.2, 0) is 32.3 Å². The van der Waals surface area contributed by atoms with E-state index in [1.54, 1.807) is 31.4 Å². The monoisotopic (exact) mass is 615 g/mol. The number of carbonyl (C=O) groups is 1. The molecule has 2 aromatic carbocycles. The molecule has 4 aromatic rings. The zero-order valence-corrected chi connectivity index (χ0v) is 26.2. The Morgan fingerprint density at radius 3 is 2.29 bits per heavy atom. The molecule has 0 unspecified atom stereocenters. The van der Waals surface area contributed by atoms with Gasteiger partial charge in [0.05, 0.1) is 42.8 Å². The fraction of sp³-hybridized carbons (Fsp3) is 0.333. The Balaban J connectivity index is 2.08. The zero-order valence-electron chi connectivity index (χ0n) is 24.5. The van der Waals surface area contributed by atoms with Gasteiger partial charge in [-0.05, 0) is 41.7 Å². The molecular formula is C27H33N7O6S2. The van der Waals surface area contributed by atoms with Gasteiger partial charge in [-0.1, -0.05) is 32.1 Å². The Kier molecular flexibility index (Phi) is 7.71. The van der Waals surface area contributed by atoms with E-state index in [-0.39, 0.29) is 22.2 Å². The zero-order chi connectivity index (χ0) is 31.4. The van der Waals surface area contributed by atoms with Crippen LogP contribution < -0.4 is 15.2 Å². The van der Waals surface area contributed by atoms with Gasteiger partial charge in [-0.25, -0.2) is 26.5 Å². The second-order valence-corrected chi connectivity index (χ2v) is 14.7. The number of carbonyl (C=O) groups excluding carboxylic acids is 1. The Labute approximate surface area is 244 Å². The highest BCUT2D eigenvalue weighted by atomic mass is 32.2. The quantitative estimate of drug-likeness (QED) is 0.301. The van der Waals surface area contributed by atoms with E-state index in [0.29, 0.717) is 33.8 Å². The summed E-state index contributed by atoms with van der Waals surface area (Å²) < 4.78 is 60.0. The predicted molar refractivity (Wildman–Crippen MR) is 159 cm³/mol. The molecule has 224 valence electrons. The van der Waals surface area contributed by atoms with E-state index in [4.69, 9.17) is 10.5 Å². The Bertz CT molecular complexity index is 1940. The topological polar surface area (TPSA) is 181 Å². The maximum atomic E-state index is 12.8. The number of imidazole rings is 1. The first kappa shape index (κ1) is 30.7. The number of sulfonamides is 1. The van der Waals surface area contributed by atoms with Gasteiger partial charge in [-0.2, -0.15) is 0 Å². The van der Waals surface area contributed by atoms with Crippen LogP contribution in [0.15, 0.2) is 41.8 Å². The highest BCUT2D eigenvalue weighted by Gasteiger charge is 2.28. The third kappa shape index (κ3) is 5.87. The van der Waals surface area contributed by atoms with Crippen LogP contribution >= 0.6 is 0 Å². The largest absolute Gasteiger partial charge is 0.494 e. The van der Waals surface area contributed by atoms with Crippen LogP contribution in [0.25, 0.3) is 28.2 Å². The van der Waals surface area contributed by atoms with E-state index in [0.717, 1.165) is 18.1 Å². The maximum Gasteiger partial charge on any atom is 0.249 e. The second kappa shape index (κ2) is 10.5. The van der Waals surface area contributed by atoms with Crippen molar-refractivity contribution in [1.29, 1.82) is 0 Å². The lowest BCUT2D eigenvalue weighted by molar-refractivity contribution is 0.100. The number of primary amides is 1. The summed E-state index contributed by atoms with van der Waals surface area (Å²) in [6.45, 7) is 7.72. The smallest absolute Gasteiger partial charge is 0.249 e. The van der Waals surface area contributed by atoms with Gasteiger partial charge in [-0.3, -0.25) is 9.52 Å². The fourth-order valence-corrected chi connectivity index (χ4v) is 6.07. The summed E-state index contributed by atoms with van der Waals surface area (Å²) in [7, 11) is -4.34. The molecule has 42 heavy (non-hydrogen) atoms. The van der Waals surface area contributed by atoms with Crippen LogP contribution in [0, 0.1) is 6.92 Å². The molecule has 0 aliphatic rings. The number of hydrogen-bond acceptors (Lipinski definition) is 9. The van der Waals surface area contributed by atoms with Crippen molar-refractivity contribution in [2.24, 2.45) is 12.8 Å². The van der Waals surface area contributed by atoms with Crippen molar-refractivity contribution in [1.82, 2.24) is 24.5 Å². The number of nitrogens with one attached hydrogen (secondary N) is 1. The molecule has 0 spiro atoms. The van der Waals surface area contributed by atoms with Gasteiger partial charge in [0.2, 0.25) is 30.9 Å². The average Bonchev–Trinajstić information content (AvgIpc) is 3.47. The molecule has 0 bridgehead atoms. The van der Waals surface area contributed by atoms with Crippen molar-refractivity contribution >= 4 is 31.5 Å². The van der Waals surface area contributed by atoms with Gasteiger partial charge < -0.3 is 15.0 Å². The SMILES string of the molecule is COc1c(NS(C)(=O)=O)cc(C(C)(C)C)cc1-c1c(C(N)=O)ccc(C)c1-n1cc(-c2cnc(S(C)(=O)=O)n2C)nn1. The van der Waals surface area contributed by atoms with Gasteiger partial charge in [0.25, 0.3) is 0 Å². The standard InChI is InChI=1S/C27H33N7O6S2/c1-15-9-10-17(25(28)35)22(18-11-16(27(2,3)4)12-19(24(18)40-6)31-42(8,38)39)23(15)34-14-20(30-32-34)21-13-29-26(33(21)5)41(7,36)37/h9-14,31H,1-8H3,(H2,28,35). The van der Waals surface area contributed by atoms with Gasteiger partial charge in [0.15, 0.2) is 5.75 Å². The lowest BCUT2D eigenvalue weighted by Crippen LogP contribution is -2.18. The highest BCUT2D eigenvalue weighted by Crippen LogP contribution is 2.45. The van der Waals surface area contributed by atoms with Crippen molar-refractivity contribution in [3.05, 3.63) is 53.3 Å². The maximum absolute atomic E-state index is 12.8. The molecule has 0 atom stereocenters. The number of rotatable bonds is 8. The Hall–Kier alpha value is -4.24. The molecule has 0 aliphatic heterocycles. The van der Waals surface area contributed by atoms with Crippen LogP contribution in [0.1, 0.15) is 42.3 Å². The minimum atomic E-state index is -3.71. The summed E-state index contributed by atoms with van der Waals surface area (Å²) in [5.41, 5.74) is 9.12. The molecule has 4 rings (SSSR count). The number of sulfone groups is 1. The molecule has 3 N–H and O–H groups in total. The molecule has 2 aromatic heterocycles. The number of hydrogen-bond donors (Lipinski definition) is 2.